The highest BCUT2D eigenvalue weighted by Gasteiger charge is 2.03. The van der Waals surface area contributed by atoms with Gasteiger partial charge in [-0.1, -0.05) is 18.2 Å². The average molecular weight is 177 g/mol. The van der Waals surface area contributed by atoms with Gasteiger partial charge in [0.1, 0.15) is 5.75 Å². The van der Waals surface area contributed by atoms with E-state index in [1.807, 2.05) is 37.4 Å². The molecule has 1 atom stereocenters. The van der Waals surface area contributed by atoms with E-state index in [0.29, 0.717) is 0 Å². The molecule has 1 unspecified atom stereocenters. The molecule has 70 valence electrons. The molecule has 2 nitrogen and oxygen atoms in total. The number of benzene rings is 1. The van der Waals surface area contributed by atoms with E-state index in [0.717, 1.165) is 5.75 Å². The summed E-state index contributed by atoms with van der Waals surface area (Å²) in [5.74, 6) is 0.877. The van der Waals surface area contributed by atoms with Crippen LogP contribution in [0.2, 0.25) is 0 Å². The maximum atomic E-state index is 5.07. The van der Waals surface area contributed by atoms with Crippen molar-refractivity contribution in [2.24, 2.45) is 0 Å². The zero-order chi connectivity index (χ0) is 9.68. The van der Waals surface area contributed by atoms with E-state index in [2.05, 4.69) is 11.9 Å². The zero-order valence-corrected chi connectivity index (χ0v) is 8.08. The van der Waals surface area contributed by atoms with Gasteiger partial charge in [0.05, 0.1) is 13.2 Å². The molecule has 0 fully saturated rings. The molecule has 0 amide bonds. The van der Waals surface area contributed by atoms with Crippen LogP contribution in [0.1, 0.15) is 11.6 Å². The van der Waals surface area contributed by atoms with Gasteiger partial charge in [-0.05, 0) is 24.7 Å². The van der Waals surface area contributed by atoms with Crippen LogP contribution in [-0.2, 0) is 0 Å². The third kappa shape index (κ3) is 2.33. The number of rotatable bonds is 4. The van der Waals surface area contributed by atoms with Crippen molar-refractivity contribution in [2.75, 3.05) is 14.2 Å². The van der Waals surface area contributed by atoms with Crippen LogP contribution in [0, 0.1) is 0 Å². The Balaban J connectivity index is 2.83. The molecule has 0 bridgehead atoms. The Morgan fingerprint density at radius 1 is 1.38 bits per heavy atom. The summed E-state index contributed by atoms with van der Waals surface area (Å²) < 4.78 is 5.07. The van der Waals surface area contributed by atoms with Gasteiger partial charge < -0.3 is 10.1 Å². The Hall–Kier alpha value is -1.28. The second-order valence-corrected chi connectivity index (χ2v) is 2.78. The Morgan fingerprint density at radius 2 is 2.00 bits per heavy atom. The maximum Gasteiger partial charge on any atom is 0.118 e. The van der Waals surface area contributed by atoms with E-state index >= 15 is 0 Å². The standard InChI is InChI=1S/C11H15NO/c1-4-11(12-2)9-5-7-10(13-3)8-6-9/h4-8,11-12H,1H2,2-3H3. The lowest BCUT2D eigenvalue weighted by Gasteiger charge is -2.11. The van der Waals surface area contributed by atoms with Crippen molar-refractivity contribution in [2.45, 2.75) is 6.04 Å². The summed E-state index contributed by atoms with van der Waals surface area (Å²) >= 11 is 0. The predicted molar refractivity (Wildman–Crippen MR) is 55.0 cm³/mol. The highest BCUT2D eigenvalue weighted by atomic mass is 16.5. The minimum Gasteiger partial charge on any atom is -0.497 e. The van der Waals surface area contributed by atoms with Crippen LogP contribution in [0.15, 0.2) is 36.9 Å². The average Bonchev–Trinajstić information content (AvgIpc) is 2.21. The lowest BCUT2D eigenvalue weighted by Crippen LogP contribution is -2.13. The third-order valence-corrected chi connectivity index (χ3v) is 2.02. The molecule has 2 heteroatoms. The van der Waals surface area contributed by atoms with Gasteiger partial charge >= 0.3 is 0 Å². The largest absolute Gasteiger partial charge is 0.497 e. The van der Waals surface area contributed by atoms with Crippen molar-refractivity contribution in [3.05, 3.63) is 42.5 Å². The smallest absolute Gasteiger partial charge is 0.118 e. The van der Waals surface area contributed by atoms with Gasteiger partial charge in [0, 0.05) is 0 Å². The Kier molecular flexibility index (Phi) is 3.53. The summed E-state index contributed by atoms with van der Waals surface area (Å²) in [6.45, 7) is 3.76. The number of ether oxygens (including phenoxy) is 1. The summed E-state index contributed by atoms with van der Waals surface area (Å²) in [6.07, 6.45) is 1.88. The number of hydrogen-bond donors (Lipinski definition) is 1. The van der Waals surface area contributed by atoms with Crippen LogP contribution in [0.5, 0.6) is 5.75 Å². The van der Waals surface area contributed by atoms with Gasteiger partial charge in [0.2, 0.25) is 0 Å². The van der Waals surface area contributed by atoms with Crippen LogP contribution in [0.3, 0.4) is 0 Å². The van der Waals surface area contributed by atoms with Crippen LogP contribution in [0.25, 0.3) is 0 Å². The first-order valence-electron chi connectivity index (χ1n) is 4.25. The molecule has 0 aliphatic carbocycles. The van der Waals surface area contributed by atoms with Crippen molar-refractivity contribution in [3.8, 4) is 5.75 Å². The van der Waals surface area contributed by atoms with Crippen LogP contribution >= 0.6 is 0 Å². The van der Waals surface area contributed by atoms with Gasteiger partial charge in [-0.3, -0.25) is 0 Å². The SMILES string of the molecule is C=CC(NC)c1ccc(OC)cc1. The van der Waals surface area contributed by atoms with Crippen LogP contribution < -0.4 is 10.1 Å². The first-order chi connectivity index (χ1) is 6.31. The highest BCUT2D eigenvalue weighted by Crippen LogP contribution is 2.17. The summed E-state index contributed by atoms with van der Waals surface area (Å²) in [6, 6.07) is 8.17. The molecular weight excluding hydrogens is 162 g/mol. The van der Waals surface area contributed by atoms with Crippen molar-refractivity contribution in [3.63, 3.8) is 0 Å². The van der Waals surface area contributed by atoms with E-state index in [1.165, 1.54) is 5.56 Å². The molecule has 13 heavy (non-hydrogen) atoms. The molecule has 0 aliphatic rings. The Morgan fingerprint density at radius 3 is 2.38 bits per heavy atom. The fraction of sp³-hybridized carbons (Fsp3) is 0.273. The van der Waals surface area contributed by atoms with Crippen LogP contribution in [0.4, 0.5) is 0 Å². The topological polar surface area (TPSA) is 21.3 Å². The monoisotopic (exact) mass is 177 g/mol. The molecule has 1 N–H and O–H groups in total. The molecule has 1 aromatic carbocycles. The molecule has 0 saturated carbocycles. The summed E-state index contributed by atoms with van der Waals surface area (Å²) in [7, 11) is 3.58. The molecule has 0 spiro atoms. The molecular formula is C11H15NO. The molecule has 0 saturated heterocycles. The quantitative estimate of drug-likeness (QED) is 0.711. The second-order valence-electron chi connectivity index (χ2n) is 2.78. The van der Waals surface area contributed by atoms with Crippen molar-refractivity contribution in [1.82, 2.24) is 5.32 Å². The van der Waals surface area contributed by atoms with Gasteiger partial charge in [-0.2, -0.15) is 0 Å². The summed E-state index contributed by atoms with van der Waals surface area (Å²) in [5, 5.41) is 3.15. The molecule has 0 aliphatic heterocycles. The van der Waals surface area contributed by atoms with Gasteiger partial charge in [-0.15, -0.1) is 6.58 Å². The van der Waals surface area contributed by atoms with Crippen LogP contribution in [-0.4, -0.2) is 14.2 Å². The number of hydrogen-bond acceptors (Lipinski definition) is 2. The van der Waals surface area contributed by atoms with E-state index in [1.54, 1.807) is 7.11 Å². The van der Waals surface area contributed by atoms with E-state index < -0.39 is 0 Å². The molecule has 0 aromatic heterocycles. The number of methoxy groups -OCH3 is 1. The lowest BCUT2D eigenvalue weighted by atomic mass is 10.1. The Bertz CT molecular complexity index is 266. The normalized spacial score (nSPS) is 12.2. The van der Waals surface area contributed by atoms with Gasteiger partial charge in [0.15, 0.2) is 0 Å². The maximum absolute atomic E-state index is 5.07. The molecule has 0 radical (unpaired) electrons. The zero-order valence-electron chi connectivity index (χ0n) is 8.08. The van der Waals surface area contributed by atoms with Crippen molar-refractivity contribution >= 4 is 0 Å². The van der Waals surface area contributed by atoms with Crippen molar-refractivity contribution < 1.29 is 4.74 Å². The van der Waals surface area contributed by atoms with E-state index in [-0.39, 0.29) is 6.04 Å². The highest BCUT2D eigenvalue weighted by molar-refractivity contribution is 5.30. The van der Waals surface area contributed by atoms with E-state index in [4.69, 9.17) is 4.74 Å². The van der Waals surface area contributed by atoms with Gasteiger partial charge in [0.25, 0.3) is 0 Å². The van der Waals surface area contributed by atoms with Crippen molar-refractivity contribution in [1.29, 1.82) is 0 Å². The molecule has 1 rings (SSSR count). The number of likely N-dealkylation sites (N-methyl/N-ethyl adjacent to an activating group) is 1. The number of nitrogens with one attached hydrogen (secondary N) is 1. The fourth-order valence-electron chi connectivity index (χ4n) is 1.23. The summed E-state index contributed by atoms with van der Waals surface area (Å²) in [4.78, 5) is 0. The van der Waals surface area contributed by atoms with E-state index in [9.17, 15) is 0 Å². The van der Waals surface area contributed by atoms with Gasteiger partial charge in [-0.25, -0.2) is 0 Å². The molecule has 1 aromatic rings. The minimum absolute atomic E-state index is 0.214. The lowest BCUT2D eigenvalue weighted by molar-refractivity contribution is 0.414. The first-order valence-corrected chi connectivity index (χ1v) is 4.25. The first kappa shape index (κ1) is 9.81. The fourth-order valence-corrected chi connectivity index (χ4v) is 1.23. The predicted octanol–water partition coefficient (Wildman–Crippen LogP) is 2.14. The third-order valence-electron chi connectivity index (χ3n) is 2.02. The summed E-state index contributed by atoms with van der Waals surface area (Å²) in [5.41, 5.74) is 1.19. The Labute approximate surface area is 79.2 Å². The molecule has 0 heterocycles. The minimum atomic E-state index is 0.214. The second kappa shape index (κ2) is 4.67.